The maximum absolute atomic E-state index is 13.0. The third kappa shape index (κ3) is 4.56. The number of aliphatic hydroxyl groups excluding tert-OH is 1. The van der Waals surface area contributed by atoms with E-state index in [1.807, 2.05) is 57.4 Å². The van der Waals surface area contributed by atoms with Crippen LogP contribution in [-0.4, -0.2) is 70.1 Å². The van der Waals surface area contributed by atoms with Gasteiger partial charge in [0.15, 0.2) is 0 Å². The molecule has 0 aliphatic carbocycles. The fourth-order valence-corrected chi connectivity index (χ4v) is 3.66. The van der Waals surface area contributed by atoms with Crippen LogP contribution in [0.15, 0.2) is 54.1 Å². The quantitative estimate of drug-likeness (QED) is 0.399. The first kappa shape index (κ1) is 22.4. The molecule has 3 rings (SSSR count). The number of quaternary nitrogens is 1. The fraction of sp³-hybridized carbons (Fsp3) is 0.333. The summed E-state index contributed by atoms with van der Waals surface area (Å²) in [4.78, 5) is 30.6. The predicted octanol–water partition coefficient (Wildman–Crippen LogP) is 1.33. The Kier molecular flexibility index (Phi) is 6.65. The summed E-state index contributed by atoms with van der Waals surface area (Å²) < 4.78 is 5.17. The number of nitrogens with zero attached hydrogens (tertiary/aromatic N) is 2. The smallest absolute Gasteiger partial charge is 0.295 e. The van der Waals surface area contributed by atoms with Crippen LogP contribution in [0.3, 0.4) is 0 Å². The zero-order chi connectivity index (χ0) is 22.7. The Hall–Kier alpha value is -3.32. The number of carbonyl (C=O) groups is 2. The summed E-state index contributed by atoms with van der Waals surface area (Å²) >= 11 is 0. The minimum Gasteiger partial charge on any atom is -0.507 e. The number of hydrogen-bond acceptors (Lipinski definition) is 5. The van der Waals surface area contributed by atoms with Crippen molar-refractivity contribution < 1.29 is 24.3 Å². The van der Waals surface area contributed by atoms with Crippen molar-refractivity contribution in [1.29, 1.82) is 0 Å². The average molecular weight is 425 g/mol. The second kappa shape index (κ2) is 9.22. The number of ether oxygens (including phenoxy) is 1. The number of aliphatic hydroxyl groups is 1. The highest BCUT2D eigenvalue weighted by Crippen LogP contribution is 2.39. The van der Waals surface area contributed by atoms with E-state index in [1.54, 1.807) is 36.3 Å². The molecule has 1 fully saturated rings. The standard InChI is InChI=1S/C24H29N3O4/c1-25(2)14-15-27-21(16-6-10-18(11-7-16)26(3)4)20(23(29)24(27)30)22(28)17-8-12-19(31-5)13-9-17/h6-13,21,28H,14-15H2,1-5H3/p+1/t21-/m1/s1. The normalized spacial score (nSPS) is 18.0. The van der Waals surface area contributed by atoms with Crippen molar-refractivity contribution >= 4 is 23.1 Å². The number of amides is 1. The predicted molar refractivity (Wildman–Crippen MR) is 120 cm³/mol. The van der Waals surface area contributed by atoms with E-state index < -0.39 is 17.7 Å². The Morgan fingerprint density at radius 1 is 1.06 bits per heavy atom. The van der Waals surface area contributed by atoms with Crippen LogP contribution >= 0.6 is 0 Å². The first-order valence-corrected chi connectivity index (χ1v) is 10.2. The molecule has 2 aromatic rings. The van der Waals surface area contributed by atoms with Gasteiger partial charge in [-0.3, -0.25) is 9.59 Å². The molecule has 31 heavy (non-hydrogen) atoms. The van der Waals surface area contributed by atoms with Crippen molar-refractivity contribution in [3.63, 3.8) is 0 Å². The lowest BCUT2D eigenvalue weighted by Crippen LogP contribution is -3.06. The van der Waals surface area contributed by atoms with Gasteiger partial charge in [0, 0.05) is 25.3 Å². The van der Waals surface area contributed by atoms with E-state index in [1.165, 1.54) is 4.90 Å². The fourth-order valence-electron chi connectivity index (χ4n) is 3.66. The van der Waals surface area contributed by atoms with Gasteiger partial charge in [0.2, 0.25) is 0 Å². The molecule has 164 valence electrons. The van der Waals surface area contributed by atoms with E-state index in [9.17, 15) is 14.7 Å². The number of nitrogens with one attached hydrogen (secondary N) is 1. The highest BCUT2D eigenvalue weighted by molar-refractivity contribution is 6.46. The number of rotatable bonds is 7. The molecule has 1 saturated heterocycles. The van der Waals surface area contributed by atoms with Gasteiger partial charge in [-0.1, -0.05) is 12.1 Å². The summed E-state index contributed by atoms with van der Waals surface area (Å²) in [5.41, 5.74) is 2.37. The number of Topliss-reactive ketones (excluding diaryl/α,β-unsaturated/α-hetero) is 1. The number of anilines is 1. The number of methoxy groups -OCH3 is 1. The number of likely N-dealkylation sites (N-methyl/N-ethyl adjacent to an activating group) is 1. The van der Waals surface area contributed by atoms with Crippen molar-refractivity contribution in [2.75, 3.05) is 53.3 Å². The number of benzene rings is 2. The highest BCUT2D eigenvalue weighted by atomic mass is 16.5. The molecular formula is C24H30N3O4+. The molecule has 7 nitrogen and oxygen atoms in total. The van der Waals surface area contributed by atoms with Crippen molar-refractivity contribution in [2.24, 2.45) is 0 Å². The number of carbonyl (C=O) groups excluding carboxylic acids is 2. The third-order valence-electron chi connectivity index (χ3n) is 5.48. The van der Waals surface area contributed by atoms with Crippen LogP contribution in [0.2, 0.25) is 0 Å². The van der Waals surface area contributed by atoms with Crippen molar-refractivity contribution in [3.8, 4) is 5.75 Å². The summed E-state index contributed by atoms with van der Waals surface area (Å²) in [5.74, 6) is -0.786. The lowest BCUT2D eigenvalue weighted by Gasteiger charge is -2.26. The van der Waals surface area contributed by atoms with Crippen molar-refractivity contribution in [1.82, 2.24) is 4.90 Å². The maximum Gasteiger partial charge on any atom is 0.295 e. The topological polar surface area (TPSA) is 74.5 Å². The second-order valence-corrected chi connectivity index (χ2v) is 8.16. The van der Waals surface area contributed by atoms with Crippen LogP contribution in [-0.2, 0) is 9.59 Å². The van der Waals surface area contributed by atoms with E-state index in [0.29, 0.717) is 24.4 Å². The lowest BCUT2D eigenvalue weighted by molar-refractivity contribution is -0.857. The summed E-state index contributed by atoms with van der Waals surface area (Å²) in [6.45, 7) is 1.09. The molecule has 1 aliphatic heterocycles. The maximum atomic E-state index is 13.0. The zero-order valence-electron chi connectivity index (χ0n) is 18.7. The van der Waals surface area contributed by atoms with Crippen molar-refractivity contribution in [2.45, 2.75) is 6.04 Å². The minimum atomic E-state index is -0.663. The van der Waals surface area contributed by atoms with Gasteiger partial charge in [0.1, 0.15) is 11.5 Å². The summed E-state index contributed by atoms with van der Waals surface area (Å²) in [7, 11) is 9.45. The molecule has 0 saturated carbocycles. The van der Waals surface area contributed by atoms with Gasteiger partial charge in [-0.05, 0) is 42.0 Å². The molecule has 0 aromatic heterocycles. The molecule has 0 bridgehead atoms. The van der Waals surface area contributed by atoms with Gasteiger partial charge in [0.25, 0.3) is 11.7 Å². The SMILES string of the molecule is COc1ccc(C(O)=C2C(=O)C(=O)N(CC[NH+](C)C)[C@@H]2c2ccc(N(C)C)cc2)cc1. The van der Waals surface area contributed by atoms with Crippen LogP contribution in [0, 0.1) is 0 Å². The molecule has 1 heterocycles. The molecule has 0 spiro atoms. The second-order valence-electron chi connectivity index (χ2n) is 8.16. The van der Waals surface area contributed by atoms with Gasteiger partial charge < -0.3 is 24.5 Å². The lowest BCUT2D eigenvalue weighted by atomic mass is 9.95. The summed E-state index contributed by atoms with van der Waals surface area (Å²) in [6, 6.07) is 13.8. The van der Waals surface area contributed by atoms with Crippen LogP contribution in [0.1, 0.15) is 17.2 Å². The van der Waals surface area contributed by atoms with Crippen LogP contribution in [0.25, 0.3) is 5.76 Å². The van der Waals surface area contributed by atoms with E-state index in [0.717, 1.165) is 11.3 Å². The van der Waals surface area contributed by atoms with Crippen LogP contribution in [0.4, 0.5) is 5.69 Å². The van der Waals surface area contributed by atoms with Gasteiger partial charge >= 0.3 is 0 Å². The van der Waals surface area contributed by atoms with Crippen LogP contribution in [0.5, 0.6) is 5.75 Å². The number of hydrogen-bond donors (Lipinski definition) is 2. The summed E-state index contributed by atoms with van der Waals surface area (Å²) in [5, 5.41) is 11.1. The summed E-state index contributed by atoms with van der Waals surface area (Å²) in [6.07, 6.45) is 0. The largest absolute Gasteiger partial charge is 0.507 e. The van der Waals surface area contributed by atoms with Crippen molar-refractivity contribution in [3.05, 3.63) is 65.2 Å². The number of ketones is 1. The highest BCUT2D eigenvalue weighted by Gasteiger charge is 2.46. The molecule has 1 amide bonds. The molecule has 7 heteroatoms. The Morgan fingerprint density at radius 2 is 1.68 bits per heavy atom. The van der Waals surface area contributed by atoms with Gasteiger partial charge in [0.05, 0.1) is 45.9 Å². The first-order chi connectivity index (χ1) is 14.7. The molecule has 1 aliphatic rings. The molecule has 0 unspecified atom stereocenters. The van der Waals surface area contributed by atoms with Gasteiger partial charge in [-0.15, -0.1) is 0 Å². The Labute approximate surface area is 183 Å². The molecular weight excluding hydrogens is 394 g/mol. The third-order valence-corrected chi connectivity index (χ3v) is 5.48. The van der Waals surface area contributed by atoms with E-state index in [4.69, 9.17) is 4.74 Å². The molecule has 0 radical (unpaired) electrons. The molecule has 1 atom stereocenters. The van der Waals surface area contributed by atoms with Crippen LogP contribution < -0.4 is 14.5 Å². The number of likely N-dealkylation sites (tertiary alicyclic amines) is 1. The van der Waals surface area contributed by atoms with E-state index in [2.05, 4.69) is 0 Å². The Balaban J connectivity index is 2.11. The average Bonchev–Trinajstić information content (AvgIpc) is 3.02. The monoisotopic (exact) mass is 424 g/mol. The van der Waals surface area contributed by atoms with E-state index >= 15 is 0 Å². The first-order valence-electron chi connectivity index (χ1n) is 10.2. The minimum absolute atomic E-state index is 0.113. The van der Waals surface area contributed by atoms with E-state index in [-0.39, 0.29) is 11.3 Å². The van der Waals surface area contributed by atoms with Gasteiger partial charge in [-0.25, -0.2) is 0 Å². The Morgan fingerprint density at radius 3 is 2.19 bits per heavy atom. The molecule has 2 N–H and O–H groups in total. The van der Waals surface area contributed by atoms with Gasteiger partial charge in [-0.2, -0.15) is 0 Å². The molecule has 2 aromatic carbocycles. The Bertz CT molecular complexity index is 979. The zero-order valence-corrected chi connectivity index (χ0v) is 18.7.